The molecule has 1 heterocycles. The molecule has 0 aliphatic heterocycles. The topological polar surface area (TPSA) is 111 Å². The van der Waals surface area contributed by atoms with Crippen LogP contribution < -0.4 is 11.3 Å². The van der Waals surface area contributed by atoms with Crippen LogP contribution in [0.2, 0.25) is 0 Å². The number of hydrogen-bond acceptors (Lipinski definition) is 7. The summed E-state index contributed by atoms with van der Waals surface area (Å²) in [5.41, 5.74) is 6.04. The number of thioether (sulfide) groups is 1. The number of benzene rings is 1. The Morgan fingerprint density at radius 3 is 2.77 bits per heavy atom. The van der Waals surface area contributed by atoms with E-state index in [2.05, 4.69) is 4.98 Å². The summed E-state index contributed by atoms with van der Waals surface area (Å²) in [6, 6.07) is 8.60. The second-order valence-corrected chi connectivity index (χ2v) is 6.72. The highest BCUT2D eigenvalue weighted by Crippen LogP contribution is 2.22. The van der Waals surface area contributed by atoms with Crippen LogP contribution in [0.4, 0.5) is 0 Å². The molecule has 7 nitrogen and oxygen atoms in total. The van der Waals surface area contributed by atoms with Gasteiger partial charge in [-0.1, -0.05) is 23.9 Å². The first-order valence-electron chi connectivity index (χ1n) is 7.93. The van der Waals surface area contributed by atoms with Crippen molar-refractivity contribution >= 4 is 28.4 Å². The number of rotatable bonds is 7. The molecule has 2 aromatic rings. The van der Waals surface area contributed by atoms with E-state index in [1.165, 1.54) is 11.5 Å². The molecule has 8 heteroatoms. The number of allylic oxidation sites excluding steroid dienone is 2. The molecule has 136 valence electrons. The first-order valence-corrected chi connectivity index (χ1v) is 8.91. The number of nitriles is 1. The van der Waals surface area contributed by atoms with Gasteiger partial charge in [0.15, 0.2) is 10.9 Å². The summed E-state index contributed by atoms with van der Waals surface area (Å²) in [6.07, 6.45) is 0. The Labute approximate surface area is 155 Å². The number of carbonyl (C=O) groups is 1. The van der Waals surface area contributed by atoms with Crippen LogP contribution in [0.25, 0.3) is 10.9 Å². The van der Waals surface area contributed by atoms with E-state index in [4.69, 9.17) is 15.7 Å². The number of carbonyl (C=O) groups excluding carboxylic acids is 1. The zero-order valence-corrected chi connectivity index (χ0v) is 15.7. The van der Waals surface area contributed by atoms with Gasteiger partial charge in [0.2, 0.25) is 0 Å². The summed E-state index contributed by atoms with van der Waals surface area (Å²) in [5.74, 6) is -0.437. The monoisotopic (exact) mass is 372 g/mol. The lowest BCUT2D eigenvalue weighted by Gasteiger charge is -2.18. The standard InChI is InChI=1S/C18H20N4O3S/c1-11(9-25-3)22-17(24)13-6-4-5-7-15(13)21-18(22)26-10-16(23)14(8-19)12(2)20/h4-7,11H,9-10,20H2,1-3H3/b14-12+. The fourth-order valence-electron chi connectivity index (χ4n) is 2.50. The summed E-state index contributed by atoms with van der Waals surface area (Å²) in [4.78, 5) is 29.6. The first kappa shape index (κ1) is 19.7. The van der Waals surface area contributed by atoms with Gasteiger partial charge < -0.3 is 10.5 Å². The fraction of sp³-hybridized carbons (Fsp3) is 0.333. The van der Waals surface area contributed by atoms with Crippen molar-refractivity contribution in [1.29, 1.82) is 5.26 Å². The van der Waals surface area contributed by atoms with Crippen LogP contribution in [0.5, 0.6) is 0 Å². The van der Waals surface area contributed by atoms with Gasteiger partial charge in [-0.05, 0) is 26.0 Å². The molecule has 0 amide bonds. The number of nitrogens with zero attached hydrogens (tertiary/aromatic N) is 3. The quantitative estimate of drug-likeness (QED) is 0.342. The molecular weight excluding hydrogens is 352 g/mol. The van der Waals surface area contributed by atoms with Crippen molar-refractivity contribution in [3.8, 4) is 6.07 Å². The number of para-hydroxylation sites is 1. The summed E-state index contributed by atoms with van der Waals surface area (Å²) < 4.78 is 6.68. The lowest BCUT2D eigenvalue weighted by atomic mass is 10.2. The number of aromatic nitrogens is 2. The second kappa shape index (κ2) is 8.65. The minimum absolute atomic E-state index is 0.0398. The van der Waals surface area contributed by atoms with Crippen molar-refractivity contribution in [3.05, 3.63) is 45.9 Å². The van der Waals surface area contributed by atoms with Gasteiger partial charge >= 0.3 is 0 Å². The molecule has 2 N–H and O–H groups in total. The molecular formula is C18H20N4O3S. The van der Waals surface area contributed by atoms with E-state index in [1.54, 1.807) is 31.4 Å². The van der Waals surface area contributed by atoms with E-state index in [0.29, 0.717) is 22.7 Å². The molecule has 1 aromatic carbocycles. The molecule has 2 rings (SSSR count). The van der Waals surface area contributed by atoms with Crippen molar-refractivity contribution < 1.29 is 9.53 Å². The number of nitrogens with two attached hydrogens (primary N) is 1. The molecule has 26 heavy (non-hydrogen) atoms. The Hall–Kier alpha value is -2.63. The van der Waals surface area contributed by atoms with Gasteiger partial charge in [0.05, 0.1) is 29.3 Å². The van der Waals surface area contributed by atoms with Gasteiger partial charge in [-0.25, -0.2) is 4.98 Å². The number of ketones is 1. The number of ether oxygens (including phenoxy) is 1. The molecule has 0 aliphatic rings. The molecule has 0 saturated carbocycles. The molecule has 0 aliphatic carbocycles. The van der Waals surface area contributed by atoms with E-state index < -0.39 is 5.78 Å². The number of hydrogen-bond donors (Lipinski definition) is 1. The Balaban J connectivity index is 2.47. The van der Waals surface area contributed by atoms with Crippen LogP contribution in [-0.4, -0.2) is 34.8 Å². The van der Waals surface area contributed by atoms with E-state index in [0.717, 1.165) is 11.8 Å². The Kier molecular flexibility index (Phi) is 6.55. The predicted octanol–water partition coefficient (Wildman–Crippen LogP) is 2.02. The number of fused-ring (bicyclic) bond motifs is 1. The molecule has 0 bridgehead atoms. The summed E-state index contributed by atoms with van der Waals surface area (Å²) in [5, 5.41) is 9.96. The molecule has 0 spiro atoms. The maximum absolute atomic E-state index is 12.9. The van der Waals surface area contributed by atoms with Crippen molar-refractivity contribution in [2.45, 2.75) is 25.0 Å². The summed E-state index contributed by atoms with van der Waals surface area (Å²) in [7, 11) is 1.56. The second-order valence-electron chi connectivity index (χ2n) is 5.77. The molecule has 0 saturated heterocycles. The third kappa shape index (κ3) is 4.12. The van der Waals surface area contributed by atoms with E-state index in [-0.39, 0.29) is 28.6 Å². The zero-order valence-electron chi connectivity index (χ0n) is 14.9. The van der Waals surface area contributed by atoms with Gasteiger partial charge in [-0.3, -0.25) is 14.2 Å². The van der Waals surface area contributed by atoms with Crippen molar-refractivity contribution in [2.24, 2.45) is 5.73 Å². The van der Waals surface area contributed by atoms with Crippen LogP contribution in [0.1, 0.15) is 19.9 Å². The van der Waals surface area contributed by atoms with Gasteiger partial charge in [-0.15, -0.1) is 0 Å². The Morgan fingerprint density at radius 1 is 1.46 bits per heavy atom. The van der Waals surface area contributed by atoms with Crippen molar-refractivity contribution in [2.75, 3.05) is 19.5 Å². The Morgan fingerprint density at radius 2 is 2.15 bits per heavy atom. The fourth-order valence-corrected chi connectivity index (χ4v) is 3.47. The van der Waals surface area contributed by atoms with Crippen LogP contribution >= 0.6 is 11.8 Å². The van der Waals surface area contributed by atoms with Crippen LogP contribution in [-0.2, 0) is 9.53 Å². The summed E-state index contributed by atoms with van der Waals surface area (Å²) >= 11 is 1.11. The van der Waals surface area contributed by atoms with Crippen LogP contribution in [0, 0.1) is 11.3 Å². The van der Waals surface area contributed by atoms with Gasteiger partial charge in [0.1, 0.15) is 11.6 Å². The maximum Gasteiger partial charge on any atom is 0.262 e. The molecule has 1 aromatic heterocycles. The summed E-state index contributed by atoms with van der Waals surface area (Å²) in [6.45, 7) is 3.68. The highest BCUT2D eigenvalue weighted by molar-refractivity contribution is 7.99. The van der Waals surface area contributed by atoms with Gasteiger partial charge in [-0.2, -0.15) is 5.26 Å². The minimum atomic E-state index is -0.397. The minimum Gasteiger partial charge on any atom is -0.401 e. The SMILES string of the molecule is COCC(C)n1c(SCC(=O)/C(C#N)=C(\C)N)nc2ccccc2c1=O. The lowest BCUT2D eigenvalue weighted by Crippen LogP contribution is -2.28. The average molecular weight is 372 g/mol. The highest BCUT2D eigenvalue weighted by atomic mass is 32.2. The van der Waals surface area contributed by atoms with Gasteiger partial charge in [0, 0.05) is 12.8 Å². The first-order chi connectivity index (χ1) is 12.4. The third-order valence-electron chi connectivity index (χ3n) is 3.74. The van der Waals surface area contributed by atoms with E-state index >= 15 is 0 Å². The predicted molar refractivity (Wildman–Crippen MR) is 101 cm³/mol. The van der Waals surface area contributed by atoms with Gasteiger partial charge in [0.25, 0.3) is 5.56 Å². The third-order valence-corrected chi connectivity index (χ3v) is 4.69. The maximum atomic E-state index is 12.9. The van der Waals surface area contributed by atoms with E-state index in [1.807, 2.05) is 13.0 Å². The van der Waals surface area contributed by atoms with Crippen LogP contribution in [0.3, 0.4) is 0 Å². The molecule has 1 unspecified atom stereocenters. The number of methoxy groups -OCH3 is 1. The van der Waals surface area contributed by atoms with Crippen molar-refractivity contribution in [3.63, 3.8) is 0 Å². The Bertz CT molecular complexity index is 955. The molecule has 1 atom stereocenters. The lowest BCUT2D eigenvalue weighted by molar-refractivity contribution is -0.112. The van der Waals surface area contributed by atoms with Crippen LogP contribution in [0.15, 0.2) is 45.5 Å². The zero-order chi connectivity index (χ0) is 19.3. The molecule has 0 radical (unpaired) electrons. The molecule has 0 fully saturated rings. The number of Topliss-reactive ketones (excluding diaryl/α,β-unsaturated/α-hetero) is 1. The largest absolute Gasteiger partial charge is 0.401 e. The highest BCUT2D eigenvalue weighted by Gasteiger charge is 2.19. The smallest absolute Gasteiger partial charge is 0.262 e. The average Bonchev–Trinajstić information content (AvgIpc) is 2.60. The normalized spacial score (nSPS) is 13.2. The van der Waals surface area contributed by atoms with E-state index in [9.17, 15) is 9.59 Å². The van der Waals surface area contributed by atoms with Crippen molar-refractivity contribution in [1.82, 2.24) is 9.55 Å².